The Bertz CT molecular complexity index is 719. The van der Waals surface area contributed by atoms with E-state index in [2.05, 4.69) is 10.6 Å². The van der Waals surface area contributed by atoms with E-state index >= 15 is 0 Å². The van der Waals surface area contributed by atoms with E-state index in [0.29, 0.717) is 37.8 Å². The van der Waals surface area contributed by atoms with Crippen LogP contribution in [0.4, 0.5) is 4.79 Å². The summed E-state index contributed by atoms with van der Waals surface area (Å²) >= 11 is 0. The lowest BCUT2D eigenvalue weighted by Gasteiger charge is -2.12. The fourth-order valence-corrected chi connectivity index (χ4v) is 2.49. The van der Waals surface area contributed by atoms with Crippen molar-refractivity contribution >= 4 is 6.03 Å². The molecule has 0 bridgehead atoms. The second-order valence-corrected chi connectivity index (χ2v) is 5.63. The van der Waals surface area contributed by atoms with Gasteiger partial charge in [0.05, 0.1) is 20.8 Å². The molecule has 6 nitrogen and oxygen atoms in total. The third-order valence-corrected chi connectivity index (χ3v) is 3.92. The van der Waals surface area contributed by atoms with Crippen molar-refractivity contribution in [2.45, 2.75) is 26.6 Å². The van der Waals surface area contributed by atoms with Crippen LogP contribution in [-0.2, 0) is 24.4 Å². The van der Waals surface area contributed by atoms with Gasteiger partial charge in [0, 0.05) is 19.7 Å². The molecule has 0 fully saturated rings. The quantitative estimate of drug-likeness (QED) is 0.722. The molecule has 0 aliphatic rings. The predicted molar refractivity (Wildman–Crippen MR) is 100 cm³/mol. The van der Waals surface area contributed by atoms with Crippen molar-refractivity contribution in [1.82, 2.24) is 10.6 Å². The summed E-state index contributed by atoms with van der Waals surface area (Å²) in [7, 11) is 3.17. The molecule has 2 aromatic carbocycles. The van der Waals surface area contributed by atoms with Crippen molar-refractivity contribution in [3.8, 4) is 11.5 Å². The van der Waals surface area contributed by atoms with Gasteiger partial charge in [-0.2, -0.15) is 0 Å². The summed E-state index contributed by atoms with van der Waals surface area (Å²) in [6.07, 6.45) is 0. The van der Waals surface area contributed by atoms with Gasteiger partial charge < -0.3 is 24.8 Å². The first-order chi connectivity index (χ1) is 12.7. The first-order valence-electron chi connectivity index (χ1n) is 8.55. The number of benzene rings is 2. The van der Waals surface area contributed by atoms with Crippen molar-refractivity contribution in [2.75, 3.05) is 20.8 Å². The maximum absolute atomic E-state index is 12.1. The molecule has 2 aromatic rings. The number of carbonyl (C=O) groups is 1. The summed E-state index contributed by atoms with van der Waals surface area (Å²) in [4.78, 5) is 12.1. The number of methoxy groups -OCH3 is 2. The van der Waals surface area contributed by atoms with E-state index in [-0.39, 0.29) is 6.03 Å². The molecule has 0 heterocycles. The molecule has 0 unspecified atom stereocenters. The average molecular weight is 358 g/mol. The standard InChI is InChI=1S/C20H26N2O4/c1-4-26-14-17-8-6-5-7-16(17)13-22-20(23)21-12-15-9-10-18(24-2)19(11-15)25-3/h5-11H,4,12-14H2,1-3H3,(H2,21,22,23). The van der Waals surface area contributed by atoms with Crippen LogP contribution in [0.5, 0.6) is 11.5 Å². The SMILES string of the molecule is CCOCc1ccccc1CNC(=O)NCc1ccc(OC)c(OC)c1. The van der Waals surface area contributed by atoms with Crippen molar-refractivity contribution in [3.05, 3.63) is 59.2 Å². The predicted octanol–water partition coefficient (Wildman–Crippen LogP) is 3.24. The van der Waals surface area contributed by atoms with Gasteiger partial charge in [-0.25, -0.2) is 4.79 Å². The van der Waals surface area contributed by atoms with Crippen LogP contribution in [-0.4, -0.2) is 26.9 Å². The van der Waals surface area contributed by atoms with E-state index in [1.807, 2.05) is 49.4 Å². The highest BCUT2D eigenvalue weighted by molar-refractivity contribution is 5.73. The molecule has 26 heavy (non-hydrogen) atoms. The normalized spacial score (nSPS) is 10.3. The van der Waals surface area contributed by atoms with Crippen LogP contribution < -0.4 is 20.1 Å². The number of carbonyl (C=O) groups excluding carboxylic acids is 1. The Kier molecular flexibility index (Phi) is 7.76. The fourth-order valence-electron chi connectivity index (χ4n) is 2.49. The Morgan fingerprint density at radius 1 is 0.923 bits per heavy atom. The van der Waals surface area contributed by atoms with Gasteiger partial charge >= 0.3 is 6.03 Å². The summed E-state index contributed by atoms with van der Waals surface area (Å²) in [6.45, 7) is 4.01. The highest BCUT2D eigenvalue weighted by atomic mass is 16.5. The van der Waals surface area contributed by atoms with E-state index in [1.165, 1.54) is 0 Å². The molecule has 0 aromatic heterocycles. The second-order valence-electron chi connectivity index (χ2n) is 5.63. The topological polar surface area (TPSA) is 68.8 Å². The van der Waals surface area contributed by atoms with E-state index in [4.69, 9.17) is 14.2 Å². The number of rotatable bonds is 9. The summed E-state index contributed by atoms with van der Waals surface area (Å²) in [5.74, 6) is 1.30. The molecule has 0 spiro atoms. The lowest BCUT2D eigenvalue weighted by molar-refractivity contribution is 0.133. The lowest BCUT2D eigenvalue weighted by atomic mass is 10.1. The minimum absolute atomic E-state index is 0.231. The van der Waals surface area contributed by atoms with Crippen molar-refractivity contribution < 1.29 is 19.0 Å². The maximum atomic E-state index is 12.1. The summed E-state index contributed by atoms with van der Waals surface area (Å²) < 4.78 is 15.9. The van der Waals surface area contributed by atoms with Crippen LogP contribution in [0.2, 0.25) is 0 Å². The largest absolute Gasteiger partial charge is 0.493 e. The van der Waals surface area contributed by atoms with Crippen molar-refractivity contribution in [3.63, 3.8) is 0 Å². The average Bonchev–Trinajstić information content (AvgIpc) is 2.69. The minimum Gasteiger partial charge on any atom is -0.493 e. The molecule has 0 aliphatic heterocycles. The van der Waals surface area contributed by atoms with Gasteiger partial charge in [-0.05, 0) is 35.7 Å². The molecular weight excluding hydrogens is 332 g/mol. The number of nitrogens with one attached hydrogen (secondary N) is 2. The monoisotopic (exact) mass is 358 g/mol. The molecule has 2 amide bonds. The van der Waals surface area contributed by atoms with Crippen LogP contribution in [0.3, 0.4) is 0 Å². The Labute approximate surface area is 154 Å². The van der Waals surface area contributed by atoms with Gasteiger partial charge in [0.1, 0.15) is 0 Å². The zero-order valence-corrected chi connectivity index (χ0v) is 15.5. The molecule has 0 saturated heterocycles. The van der Waals surface area contributed by atoms with Gasteiger partial charge in [0.2, 0.25) is 0 Å². The molecule has 0 radical (unpaired) electrons. The minimum atomic E-state index is -0.231. The number of hydrogen-bond donors (Lipinski definition) is 2. The van der Waals surface area contributed by atoms with Gasteiger partial charge in [-0.3, -0.25) is 0 Å². The Hall–Kier alpha value is -2.73. The number of amides is 2. The Morgan fingerprint density at radius 3 is 2.31 bits per heavy atom. The van der Waals surface area contributed by atoms with Gasteiger partial charge in [-0.1, -0.05) is 30.3 Å². The fraction of sp³-hybridized carbons (Fsp3) is 0.350. The van der Waals surface area contributed by atoms with Crippen LogP contribution in [0.1, 0.15) is 23.6 Å². The van der Waals surface area contributed by atoms with Crippen LogP contribution in [0.15, 0.2) is 42.5 Å². The molecule has 0 aliphatic carbocycles. The zero-order valence-electron chi connectivity index (χ0n) is 15.5. The second kappa shape index (κ2) is 10.3. The molecule has 0 saturated carbocycles. The Balaban J connectivity index is 1.86. The van der Waals surface area contributed by atoms with Gasteiger partial charge in [0.25, 0.3) is 0 Å². The lowest BCUT2D eigenvalue weighted by Crippen LogP contribution is -2.34. The summed E-state index contributed by atoms with van der Waals surface area (Å²) in [5, 5.41) is 5.72. The number of ether oxygens (including phenoxy) is 3. The number of urea groups is 1. The summed E-state index contributed by atoms with van der Waals surface area (Å²) in [6, 6.07) is 13.2. The molecule has 2 rings (SSSR count). The molecular formula is C20H26N2O4. The van der Waals surface area contributed by atoms with Crippen molar-refractivity contribution in [1.29, 1.82) is 0 Å². The summed E-state index contributed by atoms with van der Waals surface area (Å²) in [5.41, 5.74) is 3.05. The highest BCUT2D eigenvalue weighted by Crippen LogP contribution is 2.27. The first kappa shape index (κ1) is 19.6. The van der Waals surface area contributed by atoms with E-state index in [9.17, 15) is 4.79 Å². The molecule has 2 N–H and O–H groups in total. The first-order valence-corrected chi connectivity index (χ1v) is 8.55. The maximum Gasteiger partial charge on any atom is 0.315 e. The Morgan fingerprint density at radius 2 is 1.62 bits per heavy atom. The van der Waals surface area contributed by atoms with Crippen LogP contribution >= 0.6 is 0 Å². The van der Waals surface area contributed by atoms with E-state index in [1.54, 1.807) is 14.2 Å². The molecule has 140 valence electrons. The number of hydrogen-bond acceptors (Lipinski definition) is 4. The smallest absolute Gasteiger partial charge is 0.315 e. The van der Waals surface area contributed by atoms with E-state index in [0.717, 1.165) is 16.7 Å². The zero-order chi connectivity index (χ0) is 18.8. The third kappa shape index (κ3) is 5.67. The molecule has 0 atom stereocenters. The van der Waals surface area contributed by atoms with Crippen molar-refractivity contribution in [2.24, 2.45) is 0 Å². The van der Waals surface area contributed by atoms with Crippen LogP contribution in [0.25, 0.3) is 0 Å². The molecule has 6 heteroatoms. The third-order valence-electron chi connectivity index (χ3n) is 3.92. The van der Waals surface area contributed by atoms with Crippen LogP contribution in [0, 0.1) is 0 Å². The van der Waals surface area contributed by atoms with Gasteiger partial charge in [0.15, 0.2) is 11.5 Å². The van der Waals surface area contributed by atoms with E-state index < -0.39 is 0 Å². The highest BCUT2D eigenvalue weighted by Gasteiger charge is 2.07. The van der Waals surface area contributed by atoms with Gasteiger partial charge in [-0.15, -0.1) is 0 Å².